The number of likely N-dealkylation sites (tertiary alicyclic amines) is 1. The maximum absolute atomic E-state index is 14.6. The third-order valence-electron chi connectivity index (χ3n) is 8.41. The molecule has 1 spiro atoms. The number of hydrogen-bond acceptors (Lipinski definition) is 7. The molecule has 3 aliphatic heterocycles. The molecule has 4 rings (SSSR count). The molecule has 1 aromatic carbocycles. The van der Waals surface area contributed by atoms with Crippen molar-refractivity contribution in [2.45, 2.75) is 60.5 Å². The lowest BCUT2D eigenvalue weighted by molar-refractivity contribution is -0.154. The van der Waals surface area contributed by atoms with Crippen molar-refractivity contribution >= 4 is 56.9 Å². The second-order valence-corrected chi connectivity index (χ2v) is 13.3. The van der Waals surface area contributed by atoms with E-state index >= 15 is 0 Å². The number of anilines is 2. The number of aliphatic hydroxyl groups is 1. The molecule has 0 aromatic heterocycles. The van der Waals surface area contributed by atoms with E-state index in [0.29, 0.717) is 18.5 Å². The number of ether oxygens (including phenoxy) is 1. The molecular formula is C30H40BrN3O5S. The van der Waals surface area contributed by atoms with E-state index in [4.69, 9.17) is 4.74 Å². The molecule has 1 aromatic rings. The van der Waals surface area contributed by atoms with Gasteiger partial charge in [-0.15, -0.1) is 24.9 Å². The summed E-state index contributed by atoms with van der Waals surface area (Å²) in [6, 6.07) is 6.40. The first-order chi connectivity index (χ1) is 19.2. The first-order valence-electron chi connectivity index (χ1n) is 14.0. The molecule has 40 heavy (non-hydrogen) atoms. The lowest BCUT2D eigenvalue weighted by atomic mass is 9.71. The van der Waals surface area contributed by atoms with E-state index in [9.17, 15) is 19.5 Å². The first-order valence-corrected chi connectivity index (χ1v) is 15.8. The number of thioether (sulfide) groups is 1. The lowest BCUT2D eigenvalue weighted by Crippen LogP contribution is -2.57. The Bertz CT molecular complexity index is 1130. The Hall–Kier alpha value is -2.30. The van der Waals surface area contributed by atoms with Crippen LogP contribution in [0.15, 0.2) is 49.6 Å². The van der Waals surface area contributed by atoms with Gasteiger partial charge in [0.2, 0.25) is 5.91 Å². The molecule has 218 valence electrons. The van der Waals surface area contributed by atoms with Crippen LogP contribution in [-0.4, -0.2) is 87.5 Å². The molecule has 0 saturated carbocycles. The fourth-order valence-electron chi connectivity index (χ4n) is 6.55. The van der Waals surface area contributed by atoms with Crippen molar-refractivity contribution in [3.8, 4) is 0 Å². The SMILES string of the molecule is C=CCCOC(=O)[C@H]1[C@@H]2SC3(CC2Br)C(C(=O)N(CC=C)c2ccc(N(CC)CC)cc2)N([C@H](C)CO)C(=O)[C@H]13. The summed E-state index contributed by atoms with van der Waals surface area (Å²) in [4.78, 5) is 47.4. The third-order valence-corrected chi connectivity index (χ3v) is 11.6. The van der Waals surface area contributed by atoms with E-state index in [1.165, 1.54) is 4.90 Å². The van der Waals surface area contributed by atoms with Gasteiger partial charge in [-0.2, -0.15) is 0 Å². The van der Waals surface area contributed by atoms with Gasteiger partial charge in [0.05, 0.1) is 35.8 Å². The highest BCUT2D eigenvalue weighted by Crippen LogP contribution is 2.68. The fraction of sp³-hybridized carbons (Fsp3) is 0.567. The largest absolute Gasteiger partial charge is 0.465 e. The van der Waals surface area contributed by atoms with Gasteiger partial charge >= 0.3 is 5.97 Å². The Morgan fingerprint density at radius 2 is 1.88 bits per heavy atom. The maximum atomic E-state index is 14.6. The highest BCUT2D eigenvalue weighted by molar-refractivity contribution is 9.09. The smallest absolute Gasteiger partial charge is 0.310 e. The average Bonchev–Trinajstić information content (AvgIpc) is 3.55. The summed E-state index contributed by atoms with van der Waals surface area (Å²) in [7, 11) is 0. The lowest BCUT2D eigenvalue weighted by Gasteiger charge is -2.39. The summed E-state index contributed by atoms with van der Waals surface area (Å²) in [5.74, 6) is -2.29. The molecule has 3 aliphatic rings. The van der Waals surface area contributed by atoms with Crippen LogP contribution in [0.2, 0.25) is 0 Å². The molecule has 1 N–H and O–H groups in total. The number of hydrogen-bond donors (Lipinski definition) is 1. The number of aliphatic hydroxyl groups excluding tert-OH is 1. The van der Waals surface area contributed by atoms with E-state index < -0.39 is 34.6 Å². The van der Waals surface area contributed by atoms with Crippen LogP contribution in [0.25, 0.3) is 0 Å². The van der Waals surface area contributed by atoms with Gasteiger partial charge in [0.15, 0.2) is 0 Å². The van der Waals surface area contributed by atoms with E-state index in [2.05, 4.69) is 47.8 Å². The number of halogens is 1. The predicted molar refractivity (Wildman–Crippen MR) is 164 cm³/mol. The molecular weight excluding hydrogens is 594 g/mol. The highest BCUT2D eigenvalue weighted by Gasteiger charge is 2.76. The van der Waals surface area contributed by atoms with Crippen LogP contribution in [0.1, 0.15) is 33.6 Å². The van der Waals surface area contributed by atoms with E-state index in [1.54, 1.807) is 35.7 Å². The quantitative estimate of drug-likeness (QED) is 0.152. The number of nitrogens with zero attached hydrogens (tertiary/aromatic N) is 3. The Labute approximate surface area is 249 Å². The molecule has 7 atom stereocenters. The minimum Gasteiger partial charge on any atom is -0.465 e. The zero-order valence-electron chi connectivity index (χ0n) is 23.5. The monoisotopic (exact) mass is 633 g/mol. The van der Waals surface area contributed by atoms with E-state index in [-0.39, 0.29) is 41.6 Å². The number of carbonyl (C=O) groups excluding carboxylic acids is 3. The first kappa shape index (κ1) is 30.7. The van der Waals surface area contributed by atoms with Crippen molar-refractivity contribution in [1.82, 2.24) is 4.90 Å². The standard InChI is InChI=1S/C30H40BrN3O5S/c1-6-10-16-39-29(38)23-24-27(36)34(19(5)18-35)26(30(24)17-22(31)25(23)40-30)28(37)33(15-7-2)21-13-11-20(12-14-21)32(8-3)9-4/h6-7,11-14,19,22-26,35H,1-2,8-10,15-18H2,3-5H3/t19-,22?,23-,24+,25-,26?,30?/m1/s1. The molecule has 10 heteroatoms. The van der Waals surface area contributed by atoms with Crippen LogP contribution < -0.4 is 9.80 Å². The summed E-state index contributed by atoms with van der Waals surface area (Å²) in [5, 5.41) is 9.96. The molecule has 3 fully saturated rings. The van der Waals surface area contributed by atoms with Crippen LogP contribution in [-0.2, 0) is 19.1 Å². The predicted octanol–water partition coefficient (Wildman–Crippen LogP) is 4.02. The normalized spacial score (nSPS) is 29.2. The van der Waals surface area contributed by atoms with E-state index in [1.807, 2.05) is 24.3 Å². The highest BCUT2D eigenvalue weighted by atomic mass is 79.9. The van der Waals surface area contributed by atoms with Crippen LogP contribution in [0, 0.1) is 11.8 Å². The minimum atomic E-state index is -0.851. The topological polar surface area (TPSA) is 90.4 Å². The van der Waals surface area contributed by atoms with Gasteiger partial charge in [-0.25, -0.2) is 0 Å². The van der Waals surface area contributed by atoms with Crippen molar-refractivity contribution in [3.63, 3.8) is 0 Å². The zero-order chi connectivity index (χ0) is 29.2. The van der Waals surface area contributed by atoms with E-state index in [0.717, 1.165) is 18.8 Å². The number of alkyl halides is 1. The molecule has 0 radical (unpaired) electrons. The number of amides is 2. The Morgan fingerprint density at radius 1 is 1.23 bits per heavy atom. The minimum absolute atomic E-state index is 0.0561. The number of benzene rings is 1. The van der Waals surface area contributed by atoms with Gasteiger partial charge in [0.25, 0.3) is 5.91 Å². The molecule has 3 saturated heterocycles. The zero-order valence-corrected chi connectivity index (χ0v) is 25.9. The van der Waals surface area contributed by atoms with Crippen LogP contribution in [0.5, 0.6) is 0 Å². The number of rotatable bonds is 13. The number of carbonyl (C=O) groups is 3. The van der Waals surface area contributed by atoms with Crippen molar-refractivity contribution in [2.75, 3.05) is 42.6 Å². The summed E-state index contributed by atoms with van der Waals surface area (Å²) in [6.07, 6.45) is 4.44. The Kier molecular flexibility index (Phi) is 9.73. The van der Waals surface area contributed by atoms with Gasteiger partial charge < -0.3 is 24.5 Å². The molecule has 3 heterocycles. The second kappa shape index (κ2) is 12.7. The fourth-order valence-corrected chi connectivity index (χ4v) is 10.1. The second-order valence-electron chi connectivity index (χ2n) is 10.6. The van der Waals surface area contributed by atoms with Gasteiger partial charge in [-0.1, -0.05) is 28.1 Å². The summed E-state index contributed by atoms with van der Waals surface area (Å²) in [6.45, 7) is 15.4. The Morgan fingerprint density at radius 3 is 2.45 bits per heavy atom. The molecule has 2 amide bonds. The van der Waals surface area contributed by atoms with Gasteiger partial charge in [-0.05, 0) is 57.9 Å². The summed E-state index contributed by atoms with van der Waals surface area (Å²) in [5.41, 5.74) is 1.77. The van der Waals surface area contributed by atoms with Crippen LogP contribution in [0.3, 0.4) is 0 Å². The molecule has 8 nitrogen and oxygen atoms in total. The Balaban J connectivity index is 1.74. The van der Waals surface area contributed by atoms with Crippen LogP contribution in [0.4, 0.5) is 11.4 Å². The number of fused-ring (bicyclic) bond motifs is 1. The van der Waals surface area contributed by atoms with Crippen LogP contribution >= 0.6 is 27.7 Å². The van der Waals surface area contributed by atoms with Gasteiger partial charge in [0, 0.05) is 41.1 Å². The van der Waals surface area contributed by atoms with Crippen molar-refractivity contribution in [2.24, 2.45) is 11.8 Å². The molecule has 0 aliphatic carbocycles. The van der Waals surface area contributed by atoms with Crippen molar-refractivity contribution in [3.05, 3.63) is 49.6 Å². The summed E-state index contributed by atoms with van der Waals surface area (Å²) < 4.78 is 4.75. The maximum Gasteiger partial charge on any atom is 0.310 e. The third kappa shape index (κ3) is 5.11. The van der Waals surface area contributed by atoms with Gasteiger partial charge in [0.1, 0.15) is 6.04 Å². The average molecular weight is 635 g/mol. The van der Waals surface area contributed by atoms with Gasteiger partial charge in [-0.3, -0.25) is 14.4 Å². The molecule has 2 bridgehead atoms. The summed E-state index contributed by atoms with van der Waals surface area (Å²) >= 11 is 5.32. The number of esters is 1. The van der Waals surface area contributed by atoms with Crippen molar-refractivity contribution < 1.29 is 24.2 Å². The molecule has 3 unspecified atom stereocenters. The van der Waals surface area contributed by atoms with Crippen molar-refractivity contribution in [1.29, 1.82) is 0 Å².